The summed E-state index contributed by atoms with van der Waals surface area (Å²) in [5.41, 5.74) is 0. The van der Waals surface area contributed by atoms with E-state index in [2.05, 4.69) is 25.3 Å². The first-order chi connectivity index (χ1) is 10.1. The highest BCUT2D eigenvalue weighted by Crippen LogP contribution is 2.14. The van der Waals surface area contributed by atoms with Crippen LogP contribution >= 0.6 is 0 Å². The summed E-state index contributed by atoms with van der Waals surface area (Å²) in [6.45, 7) is 2.99. The minimum Gasteiger partial charge on any atom is -0.481 e. The van der Waals surface area contributed by atoms with Gasteiger partial charge < -0.3 is 20.3 Å². The quantitative estimate of drug-likeness (QED) is 0.597. The lowest BCUT2D eigenvalue weighted by Crippen LogP contribution is -2.37. The highest BCUT2D eigenvalue weighted by atomic mass is 16.5. The summed E-state index contributed by atoms with van der Waals surface area (Å²) in [7, 11) is 0. The van der Waals surface area contributed by atoms with E-state index in [1.807, 2.05) is 6.92 Å². The highest BCUT2D eigenvalue weighted by Gasteiger charge is 2.09. The van der Waals surface area contributed by atoms with Crippen LogP contribution in [0, 0.1) is 5.92 Å². The van der Waals surface area contributed by atoms with E-state index in [-0.39, 0.29) is 12.5 Å². The average molecular weight is 298 g/mol. The number of hydrogen-bond donors (Lipinski definition) is 3. The number of carboxylic acids is 1. The Kier molecular flexibility index (Phi) is 7.85. The van der Waals surface area contributed by atoms with Gasteiger partial charge in [0.05, 0.1) is 0 Å². The Morgan fingerprint density at radius 3 is 2.71 bits per heavy atom. The van der Waals surface area contributed by atoms with Gasteiger partial charge in [-0.2, -0.15) is 4.98 Å². The van der Waals surface area contributed by atoms with E-state index in [0.29, 0.717) is 37.7 Å². The minimum absolute atomic E-state index is 0.176. The smallest absolute Gasteiger partial charge is 0.314 e. The molecular formula is C13H22N4O4. The van der Waals surface area contributed by atoms with Crippen molar-refractivity contribution in [1.29, 1.82) is 0 Å². The van der Waals surface area contributed by atoms with E-state index in [0.717, 1.165) is 12.8 Å². The van der Waals surface area contributed by atoms with Gasteiger partial charge >= 0.3 is 12.0 Å². The van der Waals surface area contributed by atoms with E-state index >= 15 is 0 Å². The van der Waals surface area contributed by atoms with Crippen molar-refractivity contribution < 1.29 is 19.2 Å². The molecule has 21 heavy (non-hydrogen) atoms. The van der Waals surface area contributed by atoms with Crippen LogP contribution in [0.1, 0.15) is 38.4 Å². The van der Waals surface area contributed by atoms with E-state index in [1.54, 1.807) is 0 Å². The van der Waals surface area contributed by atoms with Crippen LogP contribution in [0.4, 0.5) is 4.79 Å². The fourth-order valence-electron chi connectivity index (χ4n) is 1.92. The molecule has 1 atom stereocenters. The number of carboxylic acid groups (broad SMARTS) is 1. The molecule has 1 rings (SSSR count). The lowest BCUT2D eigenvalue weighted by Gasteiger charge is -2.14. The maximum absolute atomic E-state index is 11.5. The zero-order valence-electron chi connectivity index (χ0n) is 12.2. The summed E-state index contributed by atoms with van der Waals surface area (Å²) < 4.78 is 4.58. The van der Waals surface area contributed by atoms with Crippen molar-refractivity contribution in [3.05, 3.63) is 12.2 Å². The number of hydrogen-bond acceptors (Lipinski definition) is 5. The van der Waals surface area contributed by atoms with Crippen molar-refractivity contribution >= 4 is 12.0 Å². The highest BCUT2D eigenvalue weighted by molar-refractivity contribution is 5.73. The van der Waals surface area contributed by atoms with Gasteiger partial charge in [0.2, 0.25) is 6.39 Å². The first-order valence-corrected chi connectivity index (χ1v) is 7.10. The molecule has 0 aromatic carbocycles. The van der Waals surface area contributed by atoms with Crippen molar-refractivity contribution in [2.24, 2.45) is 5.92 Å². The zero-order valence-corrected chi connectivity index (χ0v) is 12.2. The third-order valence-electron chi connectivity index (χ3n) is 3.22. The molecule has 3 N–H and O–H groups in total. The van der Waals surface area contributed by atoms with E-state index in [9.17, 15) is 9.59 Å². The molecule has 2 amide bonds. The predicted octanol–water partition coefficient (Wildman–Crippen LogP) is 1.19. The van der Waals surface area contributed by atoms with Crippen LogP contribution in [-0.2, 0) is 11.2 Å². The molecule has 0 saturated carbocycles. The SMILES string of the molecule is CCC(CCNC(=O)NCCc1ncon1)CCC(=O)O. The van der Waals surface area contributed by atoms with E-state index in [4.69, 9.17) is 5.11 Å². The van der Waals surface area contributed by atoms with Gasteiger partial charge in [-0.05, 0) is 18.8 Å². The molecule has 1 unspecified atom stereocenters. The molecule has 0 saturated heterocycles. The van der Waals surface area contributed by atoms with Crippen molar-refractivity contribution in [2.45, 2.75) is 39.0 Å². The number of aliphatic carboxylic acids is 1. The molecule has 118 valence electrons. The average Bonchev–Trinajstić information content (AvgIpc) is 2.95. The molecule has 0 bridgehead atoms. The normalized spacial score (nSPS) is 11.9. The molecule has 1 aromatic rings. The molecule has 0 fully saturated rings. The van der Waals surface area contributed by atoms with Crippen LogP contribution in [0.3, 0.4) is 0 Å². The number of aromatic nitrogens is 2. The van der Waals surface area contributed by atoms with E-state index < -0.39 is 5.97 Å². The van der Waals surface area contributed by atoms with Crippen molar-refractivity contribution in [3.8, 4) is 0 Å². The van der Waals surface area contributed by atoms with Gasteiger partial charge in [-0.15, -0.1) is 0 Å². The molecular weight excluding hydrogens is 276 g/mol. The Labute approximate surface area is 123 Å². The number of amides is 2. The van der Waals surface area contributed by atoms with Crippen molar-refractivity contribution in [2.75, 3.05) is 13.1 Å². The van der Waals surface area contributed by atoms with Gasteiger partial charge in [-0.25, -0.2) is 4.79 Å². The molecule has 0 aliphatic rings. The number of nitrogens with zero attached hydrogens (tertiary/aromatic N) is 2. The summed E-state index contributed by atoms with van der Waals surface area (Å²) in [4.78, 5) is 25.9. The molecule has 0 aliphatic heterocycles. The first kappa shape index (κ1) is 16.9. The molecule has 1 aromatic heterocycles. The molecule has 8 nitrogen and oxygen atoms in total. The van der Waals surface area contributed by atoms with Gasteiger partial charge in [0.1, 0.15) is 0 Å². The van der Waals surface area contributed by atoms with Crippen LogP contribution in [-0.4, -0.2) is 40.3 Å². The Morgan fingerprint density at radius 1 is 1.33 bits per heavy atom. The van der Waals surface area contributed by atoms with E-state index in [1.165, 1.54) is 6.39 Å². The molecule has 1 heterocycles. The molecule has 0 radical (unpaired) electrons. The summed E-state index contributed by atoms with van der Waals surface area (Å²) in [6, 6.07) is -0.244. The topological polar surface area (TPSA) is 117 Å². The second-order valence-corrected chi connectivity index (χ2v) is 4.78. The van der Waals surface area contributed by atoms with Gasteiger partial charge in [-0.1, -0.05) is 18.5 Å². The number of carbonyl (C=O) groups is 2. The summed E-state index contributed by atoms with van der Waals surface area (Å²) in [5.74, 6) is 0.0939. The Hall–Kier alpha value is -2.12. The predicted molar refractivity (Wildman–Crippen MR) is 74.7 cm³/mol. The lowest BCUT2D eigenvalue weighted by molar-refractivity contribution is -0.137. The van der Waals surface area contributed by atoms with Crippen LogP contribution in [0.5, 0.6) is 0 Å². The fourth-order valence-corrected chi connectivity index (χ4v) is 1.92. The van der Waals surface area contributed by atoms with Gasteiger partial charge in [0, 0.05) is 25.9 Å². The lowest BCUT2D eigenvalue weighted by atomic mass is 9.97. The largest absolute Gasteiger partial charge is 0.481 e. The van der Waals surface area contributed by atoms with Gasteiger partial charge in [0.25, 0.3) is 0 Å². The van der Waals surface area contributed by atoms with Gasteiger partial charge in [-0.3, -0.25) is 4.79 Å². The van der Waals surface area contributed by atoms with Gasteiger partial charge in [0.15, 0.2) is 5.82 Å². The van der Waals surface area contributed by atoms with Crippen LogP contribution in [0.15, 0.2) is 10.9 Å². The molecule has 8 heteroatoms. The Bertz CT molecular complexity index is 422. The molecule has 0 spiro atoms. The standard InChI is InChI=1S/C13H22N4O4/c1-2-10(3-4-12(18)19)5-7-14-13(20)15-8-6-11-16-9-21-17-11/h9-10H,2-8H2,1H3,(H,18,19)(H2,14,15,20). The summed E-state index contributed by atoms with van der Waals surface area (Å²) >= 11 is 0. The first-order valence-electron chi connectivity index (χ1n) is 7.10. The summed E-state index contributed by atoms with van der Waals surface area (Å²) in [5, 5.41) is 17.7. The van der Waals surface area contributed by atoms with Crippen LogP contribution in [0.25, 0.3) is 0 Å². The van der Waals surface area contributed by atoms with Crippen molar-refractivity contribution in [3.63, 3.8) is 0 Å². The molecule has 0 aliphatic carbocycles. The fraction of sp³-hybridized carbons (Fsp3) is 0.692. The van der Waals surface area contributed by atoms with Crippen molar-refractivity contribution in [1.82, 2.24) is 20.8 Å². The Morgan fingerprint density at radius 2 is 2.10 bits per heavy atom. The number of urea groups is 1. The second-order valence-electron chi connectivity index (χ2n) is 4.78. The van der Waals surface area contributed by atoms with Crippen LogP contribution < -0.4 is 10.6 Å². The Balaban J connectivity index is 2.07. The maximum Gasteiger partial charge on any atom is 0.314 e. The number of nitrogens with one attached hydrogen (secondary N) is 2. The maximum atomic E-state index is 11.5. The summed E-state index contributed by atoms with van der Waals surface area (Å²) in [6.07, 6.45) is 4.27. The zero-order chi connectivity index (χ0) is 15.5. The minimum atomic E-state index is -0.777. The third kappa shape index (κ3) is 7.91. The van der Waals surface area contributed by atoms with Crippen LogP contribution in [0.2, 0.25) is 0 Å². The third-order valence-corrected chi connectivity index (χ3v) is 3.22. The monoisotopic (exact) mass is 298 g/mol. The number of rotatable bonds is 10. The number of carbonyl (C=O) groups excluding carboxylic acids is 1. The second kappa shape index (κ2) is 9.73.